The van der Waals surface area contributed by atoms with E-state index in [0.717, 1.165) is 36.9 Å². The summed E-state index contributed by atoms with van der Waals surface area (Å²) in [6.45, 7) is 4.48. The van der Waals surface area contributed by atoms with E-state index in [1.165, 1.54) is 22.1 Å². The fourth-order valence-electron chi connectivity index (χ4n) is 4.78. The van der Waals surface area contributed by atoms with Crippen LogP contribution in [-0.4, -0.2) is 39.8 Å². The fraction of sp³-hybridized carbons (Fsp3) is 0.300. The zero-order valence-electron chi connectivity index (χ0n) is 20.5. The number of rotatable bonds is 10. The van der Waals surface area contributed by atoms with Crippen molar-refractivity contribution in [3.63, 3.8) is 0 Å². The van der Waals surface area contributed by atoms with E-state index in [2.05, 4.69) is 65.5 Å². The van der Waals surface area contributed by atoms with Gasteiger partial charge in [-0.2, -0.15) is 0 Å². The van der Waals surface area contributed by atoms with Crippen molar-refractivity contribution >= 4 is 40.0 Å². The van der Waals surface area contributed by atoms with E-state index in [9.17, 15) is 4.79 Å². The topological polar surface area (TPSA) is 39.3 Å². The minimum atomic E-state index is 0.140. The van der Waals surface area contributed by atoms with Gasteiger partial charge in [-0.05, 0) is 66.6 Å². The molecule has 4 aromatic rings. The minimum absolute atomic E-state index is 0.140. The molecule has 0 radical (unpaired) electrons. The maximum atomic E-state index is 13.8. The van der Waals surface area contributed by atoms with Crippen molar-refractivity contribution < 1.29 is 4.79 Å². The number of halogens is 2. The third-order valence-corrected chi connectivity index (χ3v) is 7.81. The number of H-pyrrole nitrogens is 1. The molecule has 1 N–H and O–H groups in total. The molecule has 0 atom stereocenters. The van der Waals surface area contributed by atoms with E-state index in [-0.39, 0.29) is 5.91 Å². The van der Waals surface area contributed by atoms with Crippen LogP contribution in [0.1, 0.15) is 35.1 Å². The number of amides is 1. The number of hydrogen-bond donors (Lipinski definition) is 1. The van der Waals surface area contributed by atoms with Crippen LogP contribution >= 0.6 is 23.2 Å². The van der Waals surface area contributed by atoms with Crippen molar-refractivity contribution in [2.24, 2.45) is 0 Å². The van der Waals surface area contributed by atoms with Gasteiger partial charge in [0.25, 0.3) is 0 Å². The number of para-hydroxylation sites is 1. The van der Waals surface area contributed by atoms with Crippen molar-refractivity contribution in [1.82, 2.24) is 14.8 Å². The number of aromatic nitrogens is 1. The Balaban J connectivity index is 1.34. The Morgan fingerprint density at radius 3 is 2.50 bits per heavy atom. The molecule has 1 saturated carbocycles. The summed E-state index contributed by atoms with van der Waals surface area (Å²) in [5.74, 6) is 0.140. The Hall–Kier alpha value is -2.79. The second-order valence-electron chi connectivity index (χ2n) is 9.74. The summed E-state index contributed by atoms with van der Waals surface area (Å²) in [5.41, 5.74) is 5.87. The zero-order chi connectivity index (χ0) is 25.1. The smallest absolute Gasteiger partial charge is 0.237 e. The Bertz CT molecular complexity index is 1360. The second-order valence-corrected chi connectivity index (χ2v) is 10.6. The van der Waals surface area contributed by atoms with Crippen molar-refractivity contribution in [3.8, 4) is 0 Å². The molecule has 4 nitrogen and oxygen atoms in total. The highest BCUT2D eigenvalue weighted by Gasteiger charge is 2.31. The minimum Gasteiger partial charge on any atom is -0.361 e. The average molecular weight is 521 g/mol. The Morgan fingerprint density at radius 2 is 1.72 bits per heavy atom. The molecular formula is C30H31Cl2N3O. The highest BCUT2D eigenvalue weighted by atomic mass is 35.5. The number of aromatic amines is 1. The Kier molecular flexibility index (Phi) is 7.66. The van der Waals surface area contributed by atoms with Crippen LogP contribution in [0.5, 0.6) is 0 Å². The summed E-state index contributed by atoms with van der Waals surface area (Å²) >= 11 is 12.4. The van der Waals surface area contributed by atoms with Gasteiger partial charge in [-0.25, -0.2) is 0 Å². The van der Waals surface area contributed by atoms with Crippen LogP contribution < -0.4 is 0 Å². The van der Waals surface area contributed by atoms with Crippen LogP contribution in [0.2, 0.25) is 10.0 Å². The molecule has 1 heterocycles. The Labute approximate surface area is 222 Å². The number of nitrogens with one attached hydrogen (secondary N) is 1. The van der Waals surface area contributed by atoms with E-state index in [1.807, 2.05) is 23.1 Å². The summed E-state index contributed by atoms with van der Waals surface area (Å²) in [7, 11) is 0. The van der Waals surface area contributed by atoms with Gasteiger partial charge in [0, 0.05) is 42.8 Å². The van der Waals surface area contributed by atoms with E-state index in [0.29, 0.717) is 35.7 Å². The molecule has 1 amide bonds. The summed E-state index contributed by atoms with van der Waals surface area (Å²) in [6, 6.07) is 22.8. The van der Waals surface area contributed by atoms with Gasteiger partial charge in [0.2, 0.25) is 5.91 Å². The van der Waals surface area contributed by atoms with Crippen molar-refractivity contribution in [2.75, 3.05) is 13.1 Å². The number of carbonyl (C=O) groups is 1. The lowest BCUT2D eigenvalue weighted by Gasteiger charge is -2.28. The molecule has 1 fully saturated rings. The standard InChI is InChI=1S/C30H31Cl2N3O/c1-21-6-2-3-7-24(21)19-35(25-11-12-25)20-30(36)34(18-22-10-13-27(31)28(32)16-22)15-14-23-17-33-29-9-5-4-8-26(23)29/h2-10,13,16-17,25,33H,11-12,14-15,18-20H2,1H3. The zero-order valence-corrected chi connectivity index (χ0v) is 22.0. The molecule has 3 aromatic carbocycles. The maximum absolute atomic E-state index is 13.8. The predicted octanol–water partition coefficient (Wildman–Crippen LogP) is 7.02. The van der Waals surface area contributed by atoms with Crippen molar-refractivity contribution in [1.29, 1.82) is 0 Å². The second kappa shape index (κ2) is 11.1. The van der Waals surface area contributed by atoms with Gasteiger partial charge in [-0.1, -0.05) is 71.7 Å². The van der Waals surface area contributed by atoms with Crippen molar-refractivity contribution in [2.45, 2.75) is 45.3 Å². The number of nitrogens with zero attached hydrogens (tertiary/aromatic N) is 2. The first-order valence-electron chi connectivity index (χ1n) is 12.5. The number of benzene rings is 3. The van der Waals surface area contributed by atoms with Crippen LogP contribution in [0, 0.1) is 6.92 Å². The number of hydrogen-bond acceptors (Lipinski definition) is 2. The third kappa shape index (κ3) is 5.95. The third-order valence-electron chi connectivity index (χ3n) is 7.07. The molecule has 186 valence electrons. The van der Waals surface area contributed by atoms with Gasteiger partial charge in [0.1, 0.15) is 0 Å². The molecule has 1 aromatic heterocycles. The van der Waals surface area contributed by atoms with Crippen LogP contribution in [0.4, 0.5) is 0 Å². The monoisotopic (exact) mass is 519 g/mol. The van der Waals surface area contributed by atoms with Crippen LogP contribution in [0.25, 0.3) is 10.9 Å². The molecule has 0 bridgehead atoms. The van der Waals surface area contributed by atoms with E-state index in [1.54, 1.807) is 6.07 Å². The SMILES string of the molecule is Cc1ccccc1CN(CC(=O)N(CCc1c[nH]c2ccccc12)Cc1ccc(Cl)c(Cl)c1)C1CC1. The molecule has 0 aliphatic heterocycles. The lowest BCUT2D eigenvalue weighted by atomic mass is 10.1. The van der Waals surface area contributed by atoms with Crippen LogP contribution in [-0.2, 0) is 24.3 Å². The molecular weight excluding hydrogens is 489 g/mol. The Morgan fingerprint density at radius 1 is 0.944 bits per heavy atom. The van der Waals surface area contributed by atoms with Gasteiger partial charge in [-0.3, -0.25) is 9.69 Å². The highest BCUT2D eigenvalue weighted by Crippen LogP contribution is 2.29. The average Bonchev–Trinajstić information content (AvgIpc) is 3.65. The fourth-order valence-corrected chi connectivity index (χ4v) is 5.10. The van der Waals surface area contributed by atoms with E-state index < -0.39 is 0 Å². The normalized spacial score (nSPS) is 13.4. The highest BCUT2D eigenvalue weighted by molar-refractivity contribution is 6.42. The summed E-state index contributed by atoms with van der Waals surface area (Å²) in [4.78, 5) is 21.4. The molecule has 0 saturated heterocycles. The molecule has 0 spiro atoms. The number of fused-ring (bicyclic) bond motifs is 1. The van der Waals surface area contributed by atoms with E-state index >= 15 is 0 Å². The van der Waals surface area contributed by atoms with Gasteiger partial charge in [-0.15, -0.1) is 0 Å². The lowest BCUT2D eigenvalue weighted by molar-refractivity contribution is -0.133. The van der Waals surface area contributed by atoms with Crippen LogP contribution in [0.3, 0.4) is 0 Å². The first kappa shape index (κ1) is 24.9. The molecule has 0 unspecified atom stereocenters. The molecule has 6 heteroatoms. The van der Waals surface area contributed by atoms with Crippen LogP contribution in [0.15, 0.2) is 72.9 Å². The number of aryl methyl sites for hydroxylation is 1. The molecule has 1 aliphatic carbocycles. The predicted molar refractivity (Wildman–Crippen MR) is 148 cm³/mol. The number of carbonyl (C=O) groups excluding carboxylic acids is 1. The van der Waals surface area contributed by atoms with Gasteiger partial charge >= 0.3 is 0 Å². The summed E-state index contributed by atoms with van der Waals surface area (Å²) in [5, 5.41) is 2.24. The molecule has 5 rings (SSSR count). The first-order valence-corrected chi connectivity index (χ1v) is 13.3. The lowest BCUT2D eigenvalue weighted by Crippen LogP contribution is -2.41. The van der Waals surface area contributed by atoms with Gasteiger partial charge in [0.15, 0.2) is 0 Å². The largest absolute Gasteiger partial charge is 0.361 e. The summed E-state index contributed by atoms with van der Waals surface area (Å²) in [6.07, 6.45) is 5.14. The molecule has 1 aliphatic rings. The van der Waals surface area contributed by atoms with E-state index in [4.69, 9.17) is 23.2 Å². The summed E-state index contributed by atoms with van der Waals surface area (Å²) < 4.78 is 0. The molecule has 36 heavy (non-hydrogen) atoms. The first-order chi connectivity index (χ1) is 17.5. The maximum Gasteiger partial charge on any atom is 0.237 e. The quantitative estimate of drug-likeness (QED) is 0.244. The van der Waals surface area contributed by atoms with Gasteiger partial charge in [0.05, 0.1) is 16.6 Å². The van der Waals surface area contributed by atoms with Gasteiger partial charge < -0.3 is 9.88 Å². The van der Waals surface area contributed by atoms with Crippen molar-refractivity contribution in [3.05, 3.63) is 105 Å².